The first-order valence-corrected chi connectivity index (χ1v) is 8.35. The van der Waals surface area contributed by atoms with Crippen molar-refractivity contribution in [2.45, 2.75) is 20.4 Å². The summed E-state index contributed by atoms with van der Waals surface area (Å²) in [6.45, 7) is 2.99. The van der Waals surface area contributed by atoms with Crippen LogP contribution < -0.4 is 9.47 Å². The van der Waals surface area contributed by atoms with Gasteiger partial charge in [-0.3, -0.25) is 9.59 Å². The fourth-order valence-electron chi connectivity index (χ4n) is 2.61. The lowest BCUT2D eigenvalue weighted by Gasteiger charge is -2.11. The molecule has 0 fully saturated rings. The van der Waals surface area contributed by atoms with Gasteiger partial charge in [-0.1, -0.05) is 23.4 Å². The highest BCUT2D eigenvalue weighted by atomic mass is 16.5. The molecule has 2 aromatic carbocycles. The van der Waals surface area contributed by atoms with Crippen LogP contribution in [0.5, 0.6) is 11.5 Å². The number of carbonyl (C=O) groups excluding carboxylic acids is 2. The lowest BCUT2D eigenvalue weighted by atomic mass is 10.1. The van der Waals surface area contributed by atoms with E-state index in [0.29, 0.717) is 23.4 Å². The Kier molecular flexibility index (Phi) is 5.46. The molecule has 0 aliphatic rings. The first-order valence-electron chi connectivity index (χ1n) is 8.35. The average molecular weight is 376 g/mol. The van der Waals surface area contributed by atoms with Crippen LogP contribution in [0.25, 0.3) is 11.3 Å². The number of nitriles is 1. The van der Waals surface area contributed by atoms with Gasteiger partial charge in [-0.15, -0.1) is 5.10 Å². The summed E-state index contributed by atoms with van der Waals surface area (Å²) in [7, 11) is 0. The summed E-state index contributed by atoms with van der Waals surface area (Å²) in [5.74, 6) is -0.578. The van der Waals surface area contributed by atoms with Crippen molar-refractivity contribution in [1.29, 1.82) is 5.26 Å². The van der Waals surface area contributed by atoms with Gasteiger partial charge < -0.3 is 9.47 Å². The van der Waals surface area contributed by atoms with Crippen LogP contribution in [-0.4, -0.2) is 26.9 Å². The van der Waals surface area contributed by atoms with Crippen LogP contribution in [0, 0.1) is 11.3 Å². The maximum Gasteiger partial charge on any atom is 0.308 e. The number of esters is 2. The standard InChI is InChI=1S/C20H16N4O4/c1-13(25)27-18-4-3-5-19(28-14(2)26)20(18)17-12-24(23-22-17)11-16-8-6-15(10-21)7-9-16/h3-9,12H,11H2,1-2H3. The van der Waals surface area contributed by atoms with Gasteiger partial charge in [0.2, 0.25) is 0 Å². The monoisotopic (exact) mass is 376 g/mol. The Morgan fingerprint density at radius 2 is 1.64 bits per heavy atom. The minimum atomic E-state index is -0.508. The number of aromatic nitrogens is 3. The topological polar surface area (TPSA) is 107 Å². The van der Waals surface area contributed by atoms with Crippen molar-refractivity contribution in [3.63, 3.8) is 0 Å². The predicted molar refractivity (Wildman–Crippen MR) is 98.3 cm³/mol. The molecular formula is C20H16N4O4. The third-order valence-electron chi connectivity index (χ3n) is 3.72. The molecule has 0 aliphatic carbocycles. The summed E-state index contributed by atoms with van der Waals surface area (Å²) < 4.78 is 12.1. The molecule has 0 N–H and O–H groups in total. The van der Waals surface area contributed by atoms with Crippen molar-refractivity contribution >= 4 is 11.9 Å². The van der Waals surface area contributed by atoms with Crippen molar-refractivity contribution in [2.75, 3.05) is 0 Å². The molecule has 0 bridgehead atoms. The second-order valence-corrected chi connectivity index (χ2v) is 5.93. The number of hydrogen-bond donors (Lipinski definition) is 0. The molecule has 1 heterocycles. The molecule has 0 aliphatic heterocycles. The zero-order valence-corrected chi connectivity index (χ0v) is 15.2. The van der Waals surface area contributed by atoms with Crippen LogP contribution in [-0.2, 0) is 16.1 Å². The Bertz CT molecular complexity index is 1030. The highest BCUT2D eigenvalue weighted by Crippen LogP contribution is 2.37. The van der Waals surface area contributed by atoms with Crippen molar-refractivity contribution in [3.8, 4) is 28.8 Å². The van der Waals surface area contributed by atoms with Crippen LogP contribution in [0.4, 0.5) is 0 Å². The van der Waals surface area contributed by atoms with E-state index in [0.717, 1.165) is 5.56 Å². The fraction of sp³-hybridized carbons (Fsp3) is 0.150. The Labute approximate surface area is 160 Å². The Balaban J connectivity index is 1.95. The highest BCUT2D eigenvalue weighted by molar-refractivity contribution is 5.81. The Morgan fingerprint density at radius 1 is 1.04 bits per heavy atom. The molecule has 8 heteroatoms. The highest BCUT2D eigenvalue weighted by Gasteiger charge is 2.19. The maximum atomic E-state index is 11.4. The van der Waals surface area contributed by atoms with Gasteiger partial charge in [0.15, 0.2) is 0 Å². The van der Waals surface area contributed by atoms with Gasteiger partial charge in [0, 0.05) is 13.8 Å². The van der Waals surface area contributed by atoms with Crippen LogP contribution in [0.1, 0.15) is 25.0 Å². The van der Waals surface area contributed by atoms with Crippen molar-refractivity contribution in [1.82, 2.24) is 15.0 Å². The van der Waals surface area contributed by atoms with Crippen LogP contribution in [0.3, 0.4) is 0 Å². The SMILES string of the molecule is CC(=O)Oc1cccc(OC(C)=O)c1-c1cn(Cc2ccc(C#N)cc2)nn1. The van der Waals surface area contributed by atoms with E-state index in [2.05, 4.69) is 16.4 Å². The fourth-order valence-corrected chi connectivity index (χ4v) is 2.61. The van der Waals surface area contributed by atoms with Gasteiger partial charge in [0.05, 0.1) is 29.9 Å². The number of benzene rings is 2. The zero-order chi connectivity index (χ0) is 20.1. The molecular weight excluding hydrogens is 360 g/mol. The molecule has 0 radical (unpaired) electrons. The first-order chi connectivity index (χ1) is 13.5. The van der Waals surface area contributed by atoms with E-state index in [-0.39, 0.29) is 11.5 Å². The third-order valence-corrected chi connectivity index (χ3v) is 3.72. The lowest BCUT2D eigenvalue weighted by molar-refractivity contribution is -0.132. The largest absolute Gasteiger partial charge is 0.426 e. The summed E-state index contributed by atoms with van der Waals surface area (Å²) in [6.07, 6.45) is 1.66. The number of carbonyl (C=O) groups is 2. The van der Waals surface area contributed by atoms with Gasteiger partial charge >= 0.3 is 11.9 Å². The smallest absolute Gasteiger partial charge is 0.308 e. The first kappa shape index (κ1) is 18.8. The summed E-state index contributed by atoms with van der Waals surface area (Å²) >= 11 is 0. The average Bonchev–Trinajstić information content (AvgIpc) is 3.09. The normalized spacial score (nSPS) is 10.2. The quantitative estimate of drug-likeness (QED) is 0.498. The van der Waals surface area contributed by atoms with E-state index in [4.69, 9.17) is 14.7 Å². The van der Waals surface area contributed by atoms with Crippen LogP contribution in [0.2, 0.25) is 0 Å². The second kappa shape index (κ2) is 8.14. The number of ether oxygens (including phenoxy) is 2. The predicted octanol–water partition coefficient (Wildman–Crippen LogP) is 2.72. The van der Waals surface area contributed by atoms with E-state index in [1.165, 1.54) is 13.8 Å². The molecule has 0 atom stereocenters. The molecule has 0 unspecified atom stereocenters. The van der Waals surface area contributed by atoms with Gasteiger partial charge in [-0.25, -0.2) is 4.68 Å². The molecule has 140 valence electrons. The van der Waals surface area contributed by atoms with Gasteiger partial charge in [0.25, 0.3) is 0 Å². The minimum Gasteiger partial charge on any atom is -0.426 e. The molecule has 8 nitrogen and oxygen atoms in total. The number of nitrogens with zero attached hydrogens (tertiary/aromatic N) is 4. The zero-order valence-electron chi connectivity index (χ0n) is 15.2. The molecule has 28 heavy (non-hydrogen) atoms. The summed E-state index contributed by atoms with van der Waals surface area (Å²) in [5.41, 5.74) is 2.26. The molecule has 0 spiro atoms. The molecule has 0 saturated carbocycles. The summed E-state index contributed by atoms with van der Waals surface area (Å²) in [6, 6.07) is 14.0. The Morgan fingerprint density at radius 3 is 2.18 bits per heavy atom. The molecule has 0 saturated heterocycles. The van der Waals surface area contributed by atoms with Crippen molar-refractivity contribution in [2.24, 2.45) is 0 Å². The van der Waals surface area contributed by atoms with E-state index in [9.17, 15) is 9.59 Å². The molecule has 3 aromatic rings. The number of rotatable bonds is 5. The molecule has 3 rings (SSSR count). The molecule has 1 aromatic heterocycles. The Hall–Kier alpha value is -3.99. The number of hydrogen-bond acceptors (Lipinski definition) is 7. The van der Waals surface area contributed by atoms with Crippen LogP contribution in [0.15, 0.2) is 48.7 Å². The third kappa shape index (κ3) is 4.40. The second-order valence-electron chi connectivity index (χ2n) is 5.93. The summed E-state index contributed by atoms with van der Waals surface area (Å²) in [5, 5.41) is 17.1. The van der Waals surface area contributed by atoms with E-state index < -0.39 is 11.9 Å². The van der Waals surface area contributed by atoms with E-state index in [1.807, 2.05) is 12.1 Å². The van der Waals surface area contributed by atoms with Crippen molar-refractivity contribution < 1.29 is 19.1 Å². The van der Waals surface area contributed by atoms with E-state index in [1.54, 1.807) is 41.2 Å². The maximum absolute atomic E-state index is 11.4. The molecule has 0 amide bonds. The lowest BCUT2D eigenvalue weighted by Crippen LogP contribution is -2.06. The van der Waals surface area contributed by atoms with Gasteiger partial charge in [-0.05, 0) is 29.8 Å². The van der Waals surface area contributed by atoms with Gasteiger partial charge in [-0.2, -0.15) is 5.26 Å². The van der Waals surface area contributed by atoms with Gasteiger partial charge in [0.1, 0.15) is 17.2 Å². The van der Waals surface area contributed by atoms with Crippen molar-refractivity contribution in [3.05, 3.63) is 59.8 Å². The summed E-state index contributed by atoms with van der Waals surface area (Å²) in [4.78, 5) is 22.9. The van der Waals surface area contributed by atoms with E-state index >= 15 is 0 Å². The minimum absolute atomic E-state index is 0.219. The van der Waals surface area contributed by atoms with Crippen LogP contribution >= 0.6 is 0 Å².